The van der Waals surface area contributed by atoms with Crippen molar-refractivity contribution in [3.63, 3.8) is 0 Å². The van der Waals surface area contributed by atoms with E-state index in [1.54, 1.807) is 30.3 Å². The summed E-state index contributed by atoms with van der Waals surface area (Å²) in [6.45, 7) is 3.39. The monoisotopic (exact) mass is 496 g/mol. The summed E-state index contributed by atoms with van der Waals surface area (Å²) in [5.41, 5.74) is 2.33. The Bertz CT molecular complexity index is 1270. The molecule has 0 saturated carbocycles. The molecular formula is C26H32N4O4S. The van der Waals surface area contributed by atoms with Gasteiger partial charge in [0.1, 0.15) is 10.6 Å². The third kappa shape index (κ3) is 5.57. The van der Waals surface area contributed by atoms with Crippen LogP contribution in [0.4, 0.5) is 0 Å². The summed E-state index contributed by atoms with van der Waals surface area (Å²) in [7, 11) is -0.661. The van der Waals surface area contributed by atoms with Crippen LogP contribution >= 0.6 is 0 Å². The van der Waals surface area contributed by atoms with Crippen LogP contribution in [0, 0.1) is 0 Å². The minimum atomic E-state index is -3.80. The van der Waals surface area contributed by atoms with E-state index in [9.17, 15) is 13.2 Å². The normalized spacial score (nSPS) is 16.7. The number of nitrogens with zero attached hydrogens (tertiary/aromatic N) is 4. The number of carbonyl (C=O) groups excluding carboxylic acids is 1. The third-order valence-corrected chi connectivity index (χ3v) is 8.41. The quantitative estimate of drug-likeness (QED) is 0.474. The van der Waals surface area contributed by atoms with Gasteiger partial charge in [-0.2, -0.15) is 9.40 Å². The summed E-state index contributed by atoms with van der Waals surface area (Å²) < 4.78 is 35.7. The molecule has 186 valence electrons. The second-order valence-corrected chi connectivity index (χ2v) is 10.9. The Morgan fingerprint density at radius 1 is 1.14 bits per heavy atom. The average Bonchev–Trinajstić information content (AvgIpc) is 3.30. The number of benzene rings is 2. The molecule has 0 bridgehead atoms. The van der Waals surface area contributed by atoms with Crippen LogP contribution in [0.3, 0.4) is 0 Å². The summed E-state index contributed by atoms with van der Waals surface area (Å²) in [4.78, 5) is 14.8. The minimum absolute atomic E-state index is 0.0312. The molecule has 3 aromatic rings. The molecule has 2 aromatic carbocycles. The van der Waals surface area contributed by atoms with E-state index in [0.29, 0.717) is 25.2 Å². The Balaban J connectivity index is 1.51. The van der Waals surface area contributed by atoms with Gasteiger partial charge in [-0.3, -0.25) is 9.48 Å². The molecule has 1 aliphatic rings. The summed E-state index contributed by atoms with van der Waals surface area (Å²) in [5.74, 6) is -0.0317. The molecule has 4 rings (SSSR count). The largest absolute Gasteiger partial charge is 0.495 e. The van der Waals surface area contributed by atoms with E-state index in [1.807, 2.05) is 48.1 Å². The summed E-state index contributed by atoms with van der Waals surface area (Å²) >= 11 is 0. The van der Waals surface area contributed by atoms with E-state index in [4.69, 9.17) is 4.74 Å². The molecular weight excluding hydrogens is 464 g/mol. The molecule has 8 nitrogen and oxygen atoms in total. The topological polar surface area (TPSA) is 84.7 Å². The first-order valence-corrected chi connectivity index (χ1v) is 13.2. The molecule has 1 fully saturated rings. The van der Waals surface area contributed by atoms with Gasteiger partial charge in [0, 0.05) is 43.5 Å². The third-order valence-electron chi connectivity index (χ3n) is 6.38. The molecule has 0 spiro atoms. The van der Waals surface area contributed by atoms with Crippen molar-refractivity contribution in [3.8, 4) is 5.75 Å². The van der Waals surface area contributed by atoms with Crippen molar-refractivity contribution in [3.05, 3.63) is 77.6 Å². The molecule has 0 radical (unpaired) electrons. The van der Waals surface area contributed by atoms with Gasteiger partial charge in [0.05, 0.1) is 19.9 Å². The van der Waals surface area contributed by atoms with Crippen LogP contribution in [-0.4, -0.2) is 60.1 Å². The standard InChI is InChI=1S/C26H32N4O4S/c1-20-9-7-8-14-30(20)35(32,33)25-15-23(12-13-24(25)34-3)26(31)28(2)17-22-16-27-29(19-22)18-21-10-5-4-6-11-21/h4-6,10-13,15-16,19-20H,7-9,14,17-18H2,1-3H3/t20-/m1/s1. The van der Waals surface area contributed by atoms with Crippen molar-refractivity contribution in [2.24, 2.45) is 0 Å². The zero-order chi connectivity index (χ0) is 25.0. The number of piperidine rings is 1. The van der Waals surface area contributed by atoms with Crippen molar-refractivity contribution < 1.29 is 17.9 Å². The van der Waals surface area contributed by atoms with Crippen molar-refractivity contribution >= 4 is 15.9 Å². The van der Waals surface area contributed by atoms with Crippen LogP contribution in [0.1, 0.15) is 47.7 Å². The molecule has 0 aliphatic carbocycles. The Kier molecular flexibility index (Phi) is 7.57. The fourth-order valence-electron chi connectivity index (χ4n) is 4.48. The first-order valence-electron chi connectivity index (χ1n) is 11.8. The lowest BCUT2D eigenvalue weighted by atomic mass is 10.1. The Hall–Kier alpha value is -3.17. The lowest BCUT2D eigenvalue weighted by molar-refractivity contribution is 0.0784. The van der Waals surface area contributed by atoms with E-state index >= 15 is 0 Å². The fourth-order valence-corrected chi connectivity index (χ4v) is 6.36. The van der Waals surface area contributed by atoms with Crippen LogP contribution < -0.4 is 4.74 Å². The van der Waals surface area contributed by atoms with Crippen molar-refractivity contribution in [1.82, 2.24) is 19.0 Å². The van der Waals surface area contributed by atoms with Gasteiger partial charge in [-0.05, 0) is 43.5 Å². The lowest BCUT2D eigenvalue weighted by Crippen LogP contribution is -2.42. The van der Waals surface area contributed by atoms with Crippen molar-refractivity contribution in [2.45, 2.75) is 50.2 Å². The number of hydrogen-bond acceptors (Lipinski definition) is 5. The van der Waals surface area contributed by atoms with Crippen LogP contribution in [0.5, 0.6) is 5.75 Å². The predicted molar refractivity (Wildman–Crippen MR) is 134 cm³/mol. The van der Waals surface area contributed by atoms with Crippen LogP contribution in [0.15, 0.2) is 65.8 Å². The summed E-state index contributed by atoms with van der Waals surface area (Å²) in [5, 5.41) is 4.40. The molecule has 0 N–H and O–H groups in total. The summed E-state index contributed by atoms with van der Waals surface area (Å²) in [6.07, 6.45) is 6.31. The molecule has 1 saturated heterocycles. The Labute approximate surface area is 207 Å². The summed E-state index contributed by atoms with van der Waals surface area (Å²) in [6, 6.07) is 14.5. The molecule has 0 unspecified atom stereocenters. The smallest absolute Gasteiger partial charge is 0.253 e. The highest BCUT2D eigenvalue weighted by Gasteiger charge is 2.33. The number of hydrogen-bond donors (Lipinski definition) is 0. The second kappa shape index (κ2) is 10.6. The van der Waals surface area contributed by atoms with Gasteiger partial charge in [0.15, 0.2) is 0 Å². The maximum absolute atomic E-state index is 13.5. The van der Waals surface area contributed by atoms with Crippen molar-refractivity contribution in [2.75, 3.05) is 20.7 Å². The lowest BCUT2D eigenvalue weighted by Gasteiger charge is -2.32. The van der Waals surface area contributed by atoms with E-state index in [1.165, 1.54) is 17.5 Å². The molecule has 1 amide bonds. The Morgan fingerprint density at radius 2 is 1.91 bits per heavy atom. The molecule has 1 aromatic heterocycles. The van der Waals surface area contributed by atoms with Gasteiger partial charge in [-0.1, -0.05) is 36.8 Å². The molecule has 2 heterocycles. The Morgan fingerprint density at radius 3 is 2.63 bits per heavy atom. The van der Waals surface area contributed by atoms with Gasteiger partial charge in [-0.25, -0.2) is 8.42 Å². The SMILES string of the molecule is COc1ccc(C(=O)N(C)Cc2cnn(Cc3ccccc3)c2)cc1S(=O)(=O)N1CCCC[C@H]1C. The minimum Gasteiger partial charge on any atom is -0.495 e. The predicted octanol–water partition coefficient (Wildman–Crippen LogP) is 3.78. The maximum Gasteiger partial charge on any atom is 0.253 e. The molecule has 35 heavy (non-hydrogen) atoms. The fraction of sp³-hybridized carbons (Fsp3) is 0.385. The van der Waals surface area contributed by atoms with Crippen LogP contribution in [-0.2, 0) is 23.1 Å². The van der Waals surface area contributed by atoms with Crippen LogP contribution in [0.2, 0.25) is 0 Å². The number of aromatic nitrogens is 2. The van der Waals surface area contributed by atoms with Gasteiger partial charge in [0.2, 0.25) is 10.0 Å². The zero-order valence-electron chi connectivity index (χ0n) is 20.4. The second-order valence-electron chi connectivity index (χ2n) is 9.02. The van der Waals surface area contributed by atoms with Gasteiger partial charge < -0.3 is 9.64 Å². The molecule has 1 atom stereocenters. The molecule has 1 aliphatic heterocycles. The maximum atomic E-state index is 13.5. The van der Waals surface area contributed by atoms with Gasteiger partial charge in [-0.15, -0.1) is 0 Å². The van der Waals surface area contributed by atoms with Crippen molar-refractivity contribution in [1.29, 1.82) is 0 Å². The number of methoxy groups -OCH3 is 1. The van der Waals surface area contributed by atoms with Crippen LogP contribution in [0.25, 0.3) is 0 Å². The number of rotatable bonds is 8. The number of amides is 1. The molecule has 9 heteroatoms. The van der Waals surface area contributed by atoms with E-state index in [0.717, 1.165) is 30.4 Å². The average molecular weight is 497 g/mol. The first-order chi connectivity index (χ1) is 16.8. The highest BCUT2D eigenvalue weighted by Crippen LogP contribution is 2.32. The van der Waals surface area contributed by atoms with Gasteiger partial charge >= 0.3 is 0 Å². The van der Waals surface area contributed by atoms with E-state index in [-0.39, 0.29) is 22.6 Å². The zero-order valence-corrected chi connectivity index (χ0v) is 21.2. The van der Waals surface area contributed by atoms with Gasteiger partial charge in [0.25, 0.3) is 5.91 Å². The number of sulfonamides is 1. The van der Waals surface area contributed by atoms with E-state index < -0.39 is 10.0 Å². The number of carbonyl (C=O) groups is 1. The van der Waals surface area contributed by atoms with E-state index in [2.05, 4.69) is 5.10 Å². The first kappa shape index (κ1) is 24.9. The highest BCUT2D eigenvalue weighted by atomic mass is 32.2. The number of ether oxygens (including phenoxy) is 1. The highest BCUT2D eigenvalue weighted by molar-refractivity contribution is 7.89.